The number of fused-ring (bicyclic) bond motifs is 1. The molecule has 1 aromatic carbocycles. The second-order valence-corrected chi connectivity index (χ2v) is 10.0. The van der Waals surface area contributed by atoms with Crippen LogP contribution < -0.4 is 5.56 Å². The van der Waals surface area contributed by atoms with E-state index in [1.165, 1.54) is 11.3 Å². The average Bonchev–Trinajstić information content (AvgIpc) is 3.53. The summed E-state index contributed by atoms with van der Waals surface area (Å²) in [5.41, 5.74) is 1.89. The second-order valence-electron chi connectivity index (χ2n) is 6.93. The molecule has 0 aliphatic carbocycles. The van der Waals surface area contributed by atoms with Crippen LogP contribution >= 0.6 is 34.4 Å². The zero-order valence-corrected chi connectivity index (χ0v) is 19.4. The highest BCUT2D eigenvalue weighted by molar-refractivity contribution is 7.99. The highest BCUT2D eigenvalue weighted by Crippen LogP contribution is 2.37. The molecule has 31 heavy (non-hydrogen) atoms. The molecule has 0 aliphatic rings. The van der Waals surface area contributed by atoms with Gasteiger partial charge in [0.2, 0.25) is 0 Å². The number of nitrogens with zero attached hydrogens (tertiary/aromatic N) is 4. The molecule has 0 saturated heterocycles. The maximum absolute atomic E-state index is 12.9. The smallest absolute Gasteiger partial charge is 0.260 e. The third-order valence-corrected chi connectivity index (χ3v) is 7.85. The first-order chi connectivity index (χ1) is 15.2. The number of benzene rings is 1. The number of rotatable bonds is 6. The highest BCUT2D eigenvalue weighted by atomic mass is 32.2. The van der Waals surface area contributed by atoms with Crippen LogP contribution in [0.1, 0.15) is 24.9 Å². The fourth-order valence-corrected chi connectivity index (χ4v) is 6.19. The first-order valence-electron chi connectivity index (χ1n) is 9.86. The number of hydrogen-bond donors (Lipinski definition) is 1. The summed E-state index contributed by atoms with van der Waals surface area (Å²) in [5.74, 6) is 1.49. The molecule has 0 spiro atoms. The van der Waals surface area contributed by atoms with Crippen LogP contribution in [-0.2, 0) is 6.54 Å². The molecule has 6 nitrogen and oxygen atoms in total. The zero-order valence-electron chi connectivity index (χ0n) is 16.9. The van der Waals surface area contributed by atoms with Gasteiger partial charge in [-0.1, -0.05) is 48.2 Å². The number of H-pyrrole nitrogens is 1. The maximum Gasteiger partial charge on any atom is 0.260 e. The summed E-state index contributed by atoms with van der Waals surface area (Å²) in [7, 11) is 0. The van der Waals surface area contributed by atoms with Gasteiger partial charge in [-0.05, 0) is 25.3 Å². The van der Waals surface area contributed by atoms with Crippen molar-refractivity contribution in [3.63, 3.8) is 0 Å². The third kappa shape index (κ3) is 3.73. The molecule has 9 heteroatoms. The second kappa shape index (κ2) is 8.41. The fraction of sp³-hybridized carbons (Fsp3) is 0.182. The van der Waals surface area contributed by atoms with Crippen molar-refractivity contribution in [2.75, 3.05) is 0 Å². The molecular weight excluding hydrogens is 446 g/mol. The Hall–Kier alpha value is -2.75. The number of aromatic nitrogens is 5. The normalized spacial score (nSPS) is 12.5. The lowest BCUT2D eigenvalue weighted by molar-refractivity contribution is 0.685. The van der Waals surface area contributed by atoms with Gasteiger partial charge in [0.1, 0.15) is 10.7 Å². The van der Waals surface area contributed by atoms with Gasteiger partial charge in [-0.2, -0.15) is 0 Å². The summed E-state index contributed by atoms with van der Waals surface area (Å²) < 4.78 is 2.09. The Morgan fingerprint density at radius 3 is 2.71 bits per heavy atom. The lowest BCUT2D eigenvalue weighted by atomic mass is 10.2. The number of nitrogens with one attached hydrogen (secondary N) is 1. The van der Waals surface area contributed by atoms with Crippen molar-refractivity contribution >= 4 is 44.7 Å². The Balaban J connectivity index is 1.47. The molecule has 5 aromatic rings. The van der Waals surface area contributed by atoms with E-state index in [-0.39, 0.29) is 10.8 Å². The van der Waals surface area contributed by atoms with Crippen LogP contribution in [0.4, 0.5) is 0 Å². The van der Waals surface area contributed by atoms with Gasteiger partial charge >= 0.3 is 0 Å². The number of thiophene rings is 2. The summed E-state index contributed by atoms with van der Waals surface area (Å²) in [6.45, 7) is 4.86. The SMILES string of the molecule is CCn1c(SC(C)c2nc3scc(-c4cccs4)c3c(=O)[nH]2)nnc1-c1ccccc1. The van der Waals surface area contributed by atoms with Crippen molar-refractivity contribution in [2.45, 2.75) is 30.8 Å². The van der Waals surface area contributed by atoms with Crippen LogP contribution in [0.3, 0.4) is 0 Å². The summed E-state index contributed by atoms with van der Waals surface area (Å²) in [6.07, 6.45) is 0. The predicted octanol–water partition coefficient (Wildman–Crippen LogP) is 5.84. The van der Waals surface area contributed by atoms with E-state index < -0.39 is 0 Å². The van der Waals surface area contributed by atoms with Crippen molar-refractivity contribution in [3.05, 3.63) is 69.4 Å². The largest absolute Gasteiger partial charge is 0.309 e. The first-order valence-corrected chi connectivity index (χ1v) is 12.5. The molecule has 0 bridgehead atoms. The minimum Gasteiger partial charge on any atom is -0.309 e. The molecule has 0 aliphatic heterocycles. The molecule has 1 N–H and O–H groups in total. The van der Waals surface area contributed by atoms with Crippen LogP contribution in [0.5, 0.6) is 0 Å². The molecule has 1 unspecified atom stereocenters. The zero-order chi connectivity index (χ0) is 21.4. The van der Waals surface area contributed by atoms with E-state index >= 15 is 0 Å². The van der Waals surface area contributed by atoms with E-state index in [9.17, 15) is 4.79 Å². The Morgan fingerprint density at radius 1 is 1.13 bits per heavy atom. The molecule has 4 aromatic heterocycles. The lowest BCUT2D eigenvalue weighted by Gasteiger charge is -2.12. The van der Waals surface area contributed by atoms with Crippen LogP contribution in [-0.4, -0.2) is 24.7 Å². The Kier molecular flexibility index (Phi) is 5.47. The molecule has 0 radical (unpaired) electrons. The van der Waals surface area contributed by atoms with Gasteiger partial charge in [0, 0.05) is 27.9 Å². The van der Waals surface area contributed by atoms with E-state index in [0.717, 1.165) is 38.4 Å². The molecule has 0 saturated carbocycles. The topological polar surface area (TPSA) is 76.5 Å². The van der Waals surface area contributed by atoms with Crippen molar-refractivity contribution in [3.8, 4) is 21.8 Å². The van der Waals surface area contributed by atoms with Gasteiger partial charge in [0.05, 0.1) is 10.6 Å². The summed E-state index contributed by atoms with van der Waals surface area (Å²) in [4.78, 5) is 22.5. The molecular formula is C22H19N5OS3. The van der Waals surface area contributed by atoms with Crippen LogP contribution in [0.2, 0.25) is 0 Å². The minimum atomic E-state index is -0.0981. The lowest BCUT2D eigenvalue weighted by Crippen LogP contribution is -2.12. The minimum absolute atomic E-state index is 0.0810. The van der Waals surface area contributed by atoms with Gasteiger partial charge in [-0.25, -0.2) is 4.98 Å². The fourth-order valence-electron chi connectivity index (χ4n) is 3.45. The first kappa shape index (κ1) is 20.2. The molecule has 0 amide bonds. The monoisotopic (exact) mass is 465 g/mol. The number of thioether (sulfide) groups is 1. The van der Waals surface area contributed by atoms with Gasteiger partial charge in [0.25, 0.3) is 5.56 Å². The maximum atomic E-state index is 12.9. The quantitative estimate of drug-likeness (QED) is 0.319. The van der Waals surface area contributed by atoms with Crippen molar-refractivity contribution in [1.29, 1.82) is 0 Å². The van der Waals surface area contributed by atoms with E-state index in [1.807, 2.05) is 60.1 Å². The average molecular weight is 466 g/mol. The van der Waals surface area contributed by atoms with E-state index in [4.69, 9.17) is 4.98 Å². The van der Waals surface area contributed by atoms with Crippen molar-refractivity contribution < 1.29 is 0 Å². The molecule has 4 heterocycles. The van der Waals surface area contributed by atoms with Crippen molar-refractivity contribution in [1.82, 2.24) is 24.7 Å². The Bertz CT molecular complexity index is 1390. The molecule has 0 fully saturated rings. The molecule has 5 rings (SSSR count). The predicted molar refractivity (Wildman–Crippen MR) is 129 cm³/mol. The van der Waals surface area contributed by atoms with E-state index in [0.29, 0.717) is 11.2 Å². The third-order valence-electron chi connectivity index (χ3n) is 4.98. The van der Waals surface area contributed by atoms with Gasteiger partial charge in [-0.3, -0.25) is 4.79 Å². The summed E-state index contributed by atoms with van der Waals surface area (Å²) in [6, 6.07) is 14.1. The van der Waals surface area contributed by atoms with E-state index in [1.54, 1.807) is 23.1 Å². The molecule has 156 valence electrons. The summed E-state index contributed by atoms with van der Waals surface area (Å²) in [5, 5.41) is 14.2. The van der Waals surface area contributed by atoms with E-state index in [2.05, 4.69) is 26.7 Å². The Labute approximate surface area is 191 Å². The number of hydrogen-bond acceptors (Lipinski definition) is 7. The van der Waals surface area contributed by atoms with Crippen LogP contribution in [0.25, 0.3) is 32.0 Å². The van der Waals surface area contributed by atoms with Gasteiger partial charge in [0.15, 0.2) is 11.0 Å². The molecule has 1 atom stereocenters. The van der Waals surface area contributed by atoms with Crippen LogP contribution in [0.15, 0.2) is 63.2 Å². The standard InChI is InChI=1S/C22H19N5OS3/c1-3-27-19(14-8-5-4-6-9-14)25-26-22(27)31-13(2)18-23-20(28)17-15(12-30-21(17)24-18)16-10-7-11-29-16/h4-13H,3H2,1-2H3,(H,23,24,28). The highest BCUT2D eigenvalue weighted by Gasteiger charge is 2.20. The van der Waals surface area contributed by atoms with Gasteiger partial charge in [-0.15, -0.1) is 32.9 Å². The van der Waals surface area contributed by atoms with Crippen LogP contribution in [0, 0.1) is 0 Å². The van der Waals surface area contributed by atoms with Gasteiger partial charge < -0.3 is 9.55 Å². The Morgan fingerprint density at radius 2 is 1.97 bits per heavy atom. The number of aromatic amines is 1. The van der Waals surface area contributed by atoms with Crippen molar-refractivity contribution in [2.24, 2.45) is 0 Å². The summed E-state index contributed by atoms with van der Waals surface area (Å²) >= 11 is 4.68.